The van der Waals surface area contributed by atoms with Gasteiger partial charge in [-0.15, -0.1) is 0 Å². The molecule has 1 aliphatic rings. The number of pyridine rings is 1. The van der Waals surface area contributed by atoms with E-state index in [1.807, 2.05) is 6.07 Å². The minimum absolute atomic E-state index is 0.325. The standard InChI is InChI=1S/C18H23N3O2S/c1-14-9-15(2)11-16(10-14)12-17-3-4-20-13-18(17)24(22,23)21-7-5-19-6-8-21/h3-4,9-11,13,19H,5-8,12H2,1-2H3. The summed E-state index contributed by atoms with van der Waals surface area (Å²) in [4.78, 5) is 4.39. The van der Waals surface area contributed by atoms with Gasteiger partial charge in [-0.3, -0.25) is 4.98 Å². The molecular weight excluding hydrogens is 322 g/mol. The lowest BCUT2D eigenvalue weighted by atomic mass is 10.0. The Morgan fingerprint density at radius 1 is 1.12 bits per heavy atom. The van der Waals surface area contributed by atoms with E-state index in [0.29, 0.717) is 37.5 Å². The number of sulfonamides is 1. The molecule has 3 rings (SSSR count). The first kappa shape index (κ1) is 17.1. The van der Waals surface area contributed by atoms with Gasteiger partial charge in [0.1, 0.15) is 4.90 Å². The predicted molar refractivity (Wildman–Crippen MR) is 94.6 cm³/mol. The van der Waals surface area contributed by atoms with Gasteiger partial charge in [-0.25, -0.2) is 8.42 Å². The lowest BCUT2D eigenvalue weighted by Crippen LogP contribution is -2.46. The van der Waals surface area contributed by atoms with Gasteiger partial charge in [-0.2, -0.15) is 4.31 Å². The van der Waals surface area contributed by atoms with Crippen molar-refractivity contribution in [3.8, 4) is 0 Å². The molecule has 0 bridgehead atoms. The molecule has 0 radical (unpaired) electrons. The zero-order chi connectivity index (χ0) is 17.2. The molecule has 0 saturated carbocycles. The van der Waals surface area contributed by atoms with E-state index in [-0.39, 0.29) is 0 Å². The van der Waals surface area contributed by atoms with Crippen LogP contribution in [0.5, 0.6) is 0 Å². The van der Waals surface area contributed by atoms with Crippen molar-refractivity contribution < 1.29 is 8.42 Å². The molecule has 1 fully saturated rings. The molecule has 1 N–H and O–H groups in total. The largest absolute Gasteiger partial charge is 0.314 e. The maximum atomic E-state index is 13.0. The van der Waals surface area contributed by atoms with Crippen LogP contribution in [0.15, 0.2) is 41.6 Å². The summed E-state index contributed by atoms with van der Waals surface area (Å²) in [6.07, 6.45) is 3.73. The van der Waals surface area contributed by atoms with Crippen molar-refractivity contribution in [2.75, 3.05) is 26.2 Å². The van der Waals surface area contributed by atoms with Gasteiger partial charge in [0.05, 0.1) is 0 Å². The predicted octanol–water partition coefficient (Wildman–Crippen LogP) is 1.88. The molecule has 1 aromatic heterocycles. The smallest absolute Gasteiger partial charge is 0.244 e. The van der Waals surface area contributed by atoms with E-state index >= 15 is 0 Å². The molecule has 0 unspecified atom stereocenters. The third-order valence-corrected chi connectivity index (χ3v) is 6.21. The zero-order valence-corrected chi connectivity index (χ0v) is 14.9. The summed E-state index contributed by atoms with van der Waals surface area (Å²) in [6.45, 7) is 6.49. The monoisotopic (exact) mass is 345 g/mol. The van der Waals surface area contributed by atoms with Crippen molar-refractivity contribution in [1.29, 1.82) is 0 Å². The topological polar surface area (TPSA) is 62.3 Å². The SMILES string of the molecule is Cc1cc(C)cc(Cc2ccncc2S(=O)(=O)N2CCNCC2)c1. The highest BCUT2D eigenvalue weighted by atomic mass is 32.2. The summed E-state index contributed by atoms with van der Waals surface area (Å²) in [6, 6.07) is 8.14. The van der Waals surface area contributed by atoms with Crippen LogP contribution in [-0.4, -0.2) is 43.9 Å². The average molecular weight is 345 g/mol. The zero-order valence-electron chi connectivity index (χ0n) is 14.1. The molecule has 1 aromatic carbocycles. The van der Waals surface area contributed by atoms with Gasteiger partial charge in [0.25, 0.3) is 0 Å². The van der Waals surface area contributed by atoms with E-state index in [1.165, 1.54) is 17.3 Å². The van der Waals surface area contributed by atoms with Gasteiger partial charge in [-0.05, 0) is 37.5 Å². The third-order valence-electron chi connectivity index (χ3n) is 4.24. The molecule has 1 saturated heterocycles. The minimum atomic E-state index is -3.50. The van der Waals surface area contributed by atoms with E-state index in [4.69, 9.17) is 0 Å². The second-order valence-electron chi connectivity index (χ2n) is 6.31. The Hall–Kier alpha value is -1.76. The number of nitrogens with zero attached hydrogens (tertiary/aromatic N) is 2. The highest BCUT2D eigenvalue weighted by molar-refractivity contribution is 7.89. The molecule has 5 nitrogen and oxygen atoms in total. The first-order chi connectivity index (χ1) is 11.5. The molecular formula is C18H23N3O2S. The van der Waals surface area contributed by atoms with Gasteiger partial charge >= 0.3 is 0 Å². The van der Waals surface area contributed by atoms with Crippen molar-refractivity contribution in [3.63, 3.8) is 0 Å². The van der Waals surface area contributed by atoms with Crippen molar-refractivity contribution in [2.24, 2.45) is 0 Å². The molecule has 128 valence electrons. The Morgan fingerprint density at radius 3 is 2.46 bits per heavy atom. The Morgan fingerprint density at radius 2 is 1.79 bits per heavy atom. The number of aromatic nitrogens is 1. The summed E-state index contributed by atoms with van der Waals surface area (Å²) >= 11 is 0. The van der Waals surface area contributed by atoms with Crippen LogP contribution in [0.4, 0.5) is 0 Å². The van der Waals surface area contributed by atoms with Crippen LogP contribution in [-0.2, 0) is 16.4 Å². The molecule has 0 amide bonds. The Labute approximate surface area is 143 Å². The van der Waals surface area contributed by atoms with E-state index in [0.717, 1.165) is 11.1 Å². The minimum Gasteiger partial charge on any atom is -0.314 e. The van der Waals surface area contributed by atoms with Gasteiger partial charge < -0.3 is 5.32 Å². The van der Waals surface area contributed by atoms with E-state index < -0.39 is 10.0 Å². The fraction of sp³-hybridized carbons (Fsp3) is 0.389. The lowest BCUT2D eigenvalue weighted by Gasteiger charge is -2.27. The number of benzene rings is 1. The van der Waals surface area contributed by atoms with Gasteiger partial charge in [0.15, 0.2) is 0 Å². The molecule has 24 heavy (non-hydrogen) atoms. The summed E-state index contributed by atoms with van der Waals surface area (Å²) in [5.74, 6) is 0. The summed E-state index contributed by atoms with van der Waals surface area (Å²) < 4.78 is 27.5. The fourth-order valence-electron chi connectivity index (χ4n) is 3.20. The number of nitrogens with one attached hydrogen (secondary N) is 1. The van der Waals surface area contributed by atoms with Gasteiger partial charge in [-0.1, -0.05) is 29.3 Å². The van der Waals surface area contributed by atoms with E-state index in [1.54, 1.807) is 10.5 Å². The number of hydrogen-bond donors (Lipinski definition) is 1. The highest BCUT2D eigenvalue weighted by Crippen LogP contribution is 2.23. The van der Waals surface area contributed by atoms with Gasteiger partial charge in [0.2, 0.25) is 10.0 Å². The average Bonchev–Trinajstić information content (AvgIpc) is 2.55. The van der Waals surface area contributed by atoms with Crippen LogP contribution in [0.3, 0.4) is 0 Å². The van der Waals surface area contributed by atoms with Crippen LogP contribution in [0, 0.1) is 13.8 Å². The van der Waals surface area contributed by atoms with Crippen LogP contribution in [0.1, 0.15) is 22.3 Å². The van der Waals surface area contributed by atoms with Crippen molar-refractivity contribution in [2.45, 2.75) is 25.2 Å². The Bertz CT molecular complexity index is 808. The van der Waals surface area contributed by atoms with E-state index in [2.05, 4.69) is 42.3 Å². The third kappa shape index (κ3) is 3.66. The van der Waals surface area contributed by atoms with E-state index in [9.17, 15) is 8.42 Å². The van der Waals surface area contributed by atoms with Crippen molar-refractivity contribution >= 4 is 10.0 Å². The number of aryl methyl sites for hydroxylation is 2. The maximum absolute atomic E-state index is 13.0. The maximum Gasteiger partial charge on any atom is 0.244 e. The molecule has 0 aliphatic carbocycles. The molecule has 2 heterocycles. The van der Waals surface area contributed by atoms with Crippen molar-refractivity contribution in [1.82, 2.24) is 14.6 Å². The summed E-state index contributed by atoms with van der Waals surface area (Å²) in [5.41, 5.74) is 4.29. The van der Waals surface area contributed by atoms with Crippen LogP contribution >= 0.6 is 0 Å². The van der Waals surface area contributed by atoms with Crippen LogP contribution in [0.25, 0.3) is 0 Å². The number of rotatable bonds is 4. The van der Waals surface area contributed by atoms with Crippen LogP contribution in [0.2, 0.25) is 0 Å². The first-order valence-corrected chi connectivity index (χ1v) is 9.62. The number of piperazine rings is 1. The highest BCUT2D eigenvalue weighted by Gasteiger charge is 2.28. The van der Waals surface area contributed by atoms with Crippen molar-refractivity contribution in [3.05, 3.63) is 58.9 Å². The van der Waals surface area contributed by atoms with Crippen LogP contribution < -0.4 is 5.32 Å². The van der Waals surface area contributed by atoms with Gasteiger partial charge in [0, 0.05) is 38.6 Å². The number of hydrogen-bond acceptors (Lipinski definition) is 4. The fourth-order valence-corrected chi connectivity index (χ4v) is 4.81. The molecule has 2 aromatic rings. The first-order valence-electron chi connectivity index (χ1n) is 8.18. The molecule has 1 aliphatic heterocycles. The summed E-state index contributed by atoms with van der Waals surface area (Å²) in [7, 11) is -3.50. The Balaban J connectivity index is 1.95. The molecule has 6 heteroatoms. The quantitative estimate of drug-likeness (QED) is 0.919. The normalized spacial score (nSPS) is 16.2. The second kappa shape index (κ2) is 7.01. The Kier molecular flexibility index (Phi) is 4.99. The molecule has 0 spiro atoms. The lowest BCUT2D eigenvalue weighted by molar-refractivity contribution is 0.360. The second-order valence-corrected chi connectivity index (χ2v) is 8.22. The summed E-state index contributed by atoms with van der Waals surface area (Å²) in [5, 5.41) is 3.18. The molecule has 0 atom stereocenters.